The SMILES string of the molecule is CCN1C(=O)C[C@@H](C(=O)NCCc2cnc[nH]2)[C@@H]1c1ccccc1OC. The molecule has 2 amide bonds. The van der Waals surface area contributed by atoms with Gasteiger partial charge >= 0.3 is 0 Å². The number of carbonyl (C=O) groups excluding carboxylic acids is 2. The molecule has 138 valence electrons. The molecule has 2 atom stereocenters. The molecule has 7 nitrogen and oxygen atoms in total. The minimum Gasteiger partial charge on any atom is -0.496 e. The molecule has 0 spiro atoms. The molecule has 1 aromatic heterocycles. The van der Waals surface area contributed by atoms with Gasteiger partial charge in [-0.15, -0.1) is 0 Å². The average molecular weight is 356 g/mol. The Balaban J connectivity index is 1.77. The fraction of sp³-hybridized carbons (Fsp3) is 0.421. The Bertz CT molecular complexity index is 760. The number of likely N-dealkylation sites (tertiary alicyclic amines) is 1. The quantitative estimate of drug-likeness (QED) is 0.790. The molecule has 1 aliphatic rings. The summed E-state index contributed by atoms with van der Waals surface area (Å²) in [5.74, 6) is 0.156. The first-order chi connectivity index (χ1) is 12.7. The lowest BCUT2D eigenvalue weighted by molar-refractivity contribution is -0.129. The van der Waals surface area contributed by atoms with E-state index in [9.17, 15) is 9.59 Å². The smallest absolute Gasteiger partial charge is 0.226 e. The number of carbonyl (C=O) groups is 2. The Labute approximate surface area is 152 Å². The van der Waals surface area contributed by atoms with Crippen LogP contribution in [0, 0.1) is 5.92 Å². The summed E-state index contributed by atoms with van der Waals surface area (Å²) in [4.78, 5) is 34.0. The largest absolute Gasteiger partial charge is 0.496 e. The number of nitrogens with zero attached hydrogens (tertiary/aromatic N) is 2. The van der Waals surface area contributed by atoms with E-state index in [2.05, 4.69) is 15.3 Å². The van der Waals surface area contributed by atoms with Crippen molar-refractivity contribution >= 4 is 11.8 Å². The minimum absolute atomic E-state index is 0.00266. The fourth-order valence-electron chi connectivity index (χ4n) is 3.57. The van der Waals surface area contributed by atoms with Crippen LogP contribution in [-0.4, -0.2) is 46.9 Å². The van der Waals surface area contributed by atoms with Crippen molar-refractivity contribution in [2.75, 3.05) is 20.2 Å². The first-order valence-electron chi connectivity index (χ1n) is 8.83. The number of hydrogen-bond acceptors (Lipinski definition) is 4. The highest BCUT2D eigenvalue weighted by Crippen LogP contribution is 2.41. The minimum atomic E-state index is -0.430. The summed E-state index contributed by atoms with van der Waals surface area (Å²) in [6.45, 7) is 2.98. The number of para-hydroxylation sites is 1. The predicted octanol–water partition coefficient (Wildman–Crippen LogP) is 1.69. The van der Waals surface area contributed by atoms with Crippen LogP contribution in [0.3, 0.4) is 0 Å². The molecule has 0 aliphatic carbocycles. The van der Waals surface area contributed by atoms with E-state index < -0.39 is 5.92 Å². The van der Waals surface area contributed by atoms with Gasteiger partial charge in [-0.05, 0) is 13.0 Å². The molecule has 2 N–H and O–H groups in total. The zero-order chi connectivity index (χ0) is 18.5. The zero-order valence-corrected chi connectivity index (χ0v) is 15.1. The standard InChI is InChI=1S/C19H24N4O3/c1-3-23-17(24)10-15(18(23)14-6-4-5-7-16(14)26-2)19(25)21-9-8-13-11-20-12-22-13/h4-7,11-12,15,18H,3,8-10H2,1-2H3,(H,20,22)(H,21,25)/t15-,18+/m1/s1. The van der Waals surface area contributed by atoms with E-state index in [1.54, 1.807) is 24.5 Å². The number of aromatic amines is 1. The first kappa shape index (κ1) is 18.0. The predicted molar refractivity (Wildman–Crippen MR) is 96.5 cm³/mol. The van der Waals surface area contributed by atoms with Gasteiger partial charge in [0.25, 0.3) is 0 Å². The van der Waals surface area contributed by atoms with Crippen molar-refractivity contribution in [1.82, 2.24) is 20.2 Å². The summed E-state index contributed by atoms with van der Waals surface area (Å²) in [5.41, 5.74) is 1.83. The van der Waals surface area contributed by atoms with Crippen molar-refractivity contribution < 1.29 is 14.3 Å². The van der Waals surface area contributed by atoms with Crippen molar-refractivity contribution in [1.29, 1.82) is 0 Å². The molecule has 0 radical (unpaired) electrons. The highest BCUT2D eigenvalue weighted by atomic mass is 16.5. The fourth-order valence-corrected chi connectivity index (χ4v) is 3.57. The van der Waals surface area contributed by atoms with Crippen LogP contribution in [0.5, 0.6) is 5.75 Å². The van der Waals surface area contributed by atoms with Crippen molar-refractivity contribution in [3.8, 4) is 5.75 Å². The Hall–Kier alpha value is -2.83. The van der Waals surface area contributed by atoms with Gasteiger partial charge in [-0.3, -0.25) is 9.59 Å². The summed E-state index contributed by atoms with van der Waals surface area (Å²) in [6.07, 6.45) is 4.24. The first-order valence-corrected chi connectivity index (χ1v) is 8.83. The summed E-state index contributed by atoms with van der Waals surface area (Å²) in [6, 6.07) is 7.27. The number of rotatable bonds is 7. The van der Waals surface area contributed by atoms with E-state index in [0.29, 0.717) is 25.3 Å². The Morgan fingerprint density at radius 3 is 2.92 bits per heavy atom. The average Bonchev–Trinajstić information content (AvgIpc) is 3.28. The monoisotopic (exact) mass is 356 g/mol. The molecule has 2 heterocycles. The van der Waals surface area contributed by atoms with Crippen molar-refractivity contribution in [3.05, 3.63) is 48.0 Å². The lowest BCUT2D eigenvalue weighted by Gasteiger charge is -2.28. The molecule has 26 heavy (non-hydrogen) atoms. The summed E-state index contributed by atoms with van der Waals surface area (Å²) in [5, 5.41) is 2.96. The van der Waals surface area contributed by atoms with Gasteiger partial charge in [-0.2, -0.15) is 0 Å². The maximum absolute atomic E-state index is 12.8. The van der Waals surface area contributed by atoms with Crippen LogP contribution in [0.25, 0.3) is 0 Å². The van der Waals surface area contributed by atoms with Crippen LogP contribution in [-0.2, 0) is 16.0 Å². The van der Waals surface area contributed by atoms with Crippen LogP contribution in [0.1, 0.15) is 30.6 Å². The third-order valence-corrected chi connectivity index (χ3v) is 4.82. The second-order valence-electron chi connectivity index (χ2n) is 6.30. The van der Waals surface area contributed by atoms with Gasteiger partial charge in [0.1, 0.15) is 5.75 Å². The van der Waals surface area contributed by atoms with Crippen LogP contribution in [0.2, 0.25) is 0 Å². The van der Waals surface area contributed by atoms with Crippen LogP contribution < -0.4 is 10.1 Å². The second-order valence-corrected chi connectivity index (χ2v) is 6.30. The lowest BCUT2D eigenvalue weighted by atomic mass is 9.92. The molecule has 1 saturated heterocycles. The second kappa shape index (κ2) is 8.03. The molecule has 1 aromatic carbocycles. The molecule has 1 fully saturated rings. The van der Waals surface area contributed by atoms with Crippen molar-refractivity contribution in [3.63, 3.8) is 0 Å². The molecular formula is C19H24N4O3. The van der Waals surface area contributed by atoms with Gasteiger partial charge in [0.05, 0.1) is 25.4 Å². The molecule has 0 saturated carbocycles. The third-order valence-electron chi connectivity index (χ3n) is 4.82. The van der Waals surface area contributed by atoms with Crippen LogP contribution >= 0.6 is 0 Å². The van der Waals surface area contributed by atoms with Crippen molar-refractivity contribution in [2.24, 2.45) is 5.92 Å². The van der Waals surface area contributed by atoms with Gasteiger partial charge in [0, 0.05) is 43.4 Å². The van der Waals surface area contributed by atoms with E-state index in [1.807, 2.05) is 31.2 Å². The number of imidazole rings is 1. The van der Waals surface area contributed by atoms with Crippen molar-refractivity contribution in [2.45, 2.75) is 25.8 Å². The highest BCUT2D eigenvalue weighted by Gasteiger charge is 2.44. The molecule has 7 heteroatoms. The number of hydrogen-bond donors (Lipinski definition) is 2. The maximum Gasteiger partial charge on any atom is 0.226 e. The summed E-state index contributed by atoms with van der Waals surface area (Å²) >= 11 is 0. The maximum atomic E-state index is 12.8. The van der Waals surface area contributed by atoms with Gasteiger partial charge in [0.2, 0.25) is 11.8 Å². The molecule has 0 bridgehead atoms. The third kappa shape index (κ3) is 3.56. The van der Waals surface area contributed by atoms with Crippen LogP contribution in [0.15, 0.2) is 36.8 Å². The molecule has 3 rings (SSSR count). The number of nitrogens with one attached hydrogen (secondary N) is 2. The topological polar surface area (TPSA) is 87.3 Å². The number of H-pyrrole nitrogens is 1. The molecular weight excluding hydrogens is 332 g/mol. The summed E-state index contributed by atoms with van der Waals surface area (Å²) in [7, 11) is 1.60. The number of ether oxygens (including phenoxy) is 1. The number of aromatic nitrogens is 2. The normalized spacial score (nSPS) is 19.6. The van der Waals surface area contributed by atoms with Gasteiger partial charge in [-0.25, -0.2) is 4.98 Å². The number of benzene rings is 1. The van der Waals surface area contributed by atoms with Gasteiger partial charge in [0.15, 0.2) is 0 Å². The van der Waals surface area contributed by atoms with E-state index >= 15 is 0 Å². The van der Waals surface area contributed by atoms with E-state index in [0.717, 1.165) is 11.3 Å². The van der Waals surface area contributed by atoms with E-state index in [1.165, 1.54) is 0 Å². The van der Waals surface area contributed by atoms with Crippen LogP contribution in [0.4, 0.5) is 0 Å². The zero-order valence-electron chi connectivity index (χ0n) is 15.1. The number of amides is 2. The molecule has 1 aliphatic heterocycles. The highest BCUT2D eigenvalue weighted by molar-refractivity contribution is 5.90. The summed E-state index contributed by atoms with van der Waals surface area (Å²) < 4.78 is 5.46. The lowest BCUT2D eigenvalue weighted by Crippen LogP contribution is -2.36. The Morgan fingerprint density at radius 2 is 2.23 bits per heavy atom. The Kier molecular flexibility index (Phi) is 5.55. The van der Waals surface area contributed by atoms with E-state index in [4.69, 9.17) is 4.74 Å². The Morgan fingerprint density at radius 1 is 1.42 bits per heavy atom. The molecule has 0 unspecified atom stereocenters. The molecule has 2 aromatic rings. The number of methoxy groups -OCH3 is 1. The van der Waals surface area contributed by atoms with Gasteiger partial charge in [-0.1, -0.05) is 18.2 Å². The van der Waals surface area contributed by atoms with Gasteiger partial charge < -0.3 is 19.9 Å². The van der Waals surface area contributed by atoms with E-state index in [-0.39, 0.29) is 24.3 Å².